The first-order valence-corrected chi connectivity index (χ1v) is 7.93. The van der Waals surface area contributed by atoms with E-state index < -0.39 is 0 Å². The van der Waals surface area contributed by atoms with Crippen LogP contribution in [0, 0.1) is 0 Å². The molecule has 0 saturated heterocycles. The van der Waals surface area contributed by atoms with E-state index in [1.54, 1.807) is 0 Å². The van der Waals surface area contributed by atoms with Crippen LogP contribution in [-0.4, -0.2) is 25.0 Å². The largest absolute Gasteiger partial charge is 0.310 e. The summed E-state index contributed by atoms with van der Waals surface area (Å²) in [6, 6.07) is 9.69. The van der Waals surface area contributed by atoms with Gasteiger partial charge in [0.25, 0.3) is 0 Å². The summed E-state index contributed by atoms with van der Waals surface area (Å²) >= 11 is 5.93. The summed E-state index contributed by atoms with van der Waals surface area (Å²) in [5.41, 5.74) is 2.82. The number of aromatic nitrogens is 5. The summed E-state index contributed by atoms with van der Waals surface area (Å²) in [5, 5.41) is 16.9. The molecule has 0 fully saturated rings. The van der Waals surface area contributed by atoms with Crippen LogP contribution in [0.25, 0.3) is 22.8 Å². The summed E-state index contributed by atoms with van der Waals surface area (Å²) in [5.74, 6) is 1.96. The van der Waals surface area contributed by atoms with Gasteiger partial charge in [0.15, 0.2) is 5.82 Å². The van der Waals surface area contributed by atoms with Crippen LogP contribution in [0.15, 0.2) is 30.3 Å². The molecule has 0 radical (unpaired) electrons. The van der Waals surface area contributed by atoms with Crippen LogP contribution >= 0.6 is 11.6 Å². The lowest BCUT2D eigenvalue weighted by atomic mass is 10.1. The second-order valence-electron chi connectivity index (χ2n) is 5.58. The standard InChI is InChI=1S/C16H16ClN5/c17-12-7-5-11(6-8-12)13-10-14(19-18-13)16-21-20-15-4-2-1-3-9-22(15)16/h5-8,10H,1-4,9H2,(H,18,19). The molecule has 0 unspecified atom stereocenters. The number of nitrogens with zero attached hydrogens (tertiary/aromatic N) is 4. The van der Waals surface area contributed by atoms with Crippen molar-refractivity contribution in [2.75, 3.05) is 0 Å². The SMILES string of the molecule is Clc1ccc(-c2cc(-c3nnc4n3CCCCC4)[nH]n2)cc1. The molecule has 22 heavy (non-hydrogen) atoms. The minimum atomic E-state index is 0.724. The Kier molecular flexibility index (Phi) is 3.42. The first-order chi connectivity index (χ1) is 10.8. The molecule has 1 N–H and O–H groups in total. The van der Waals surface area contributed by atoms with Crippen LogP contribution in [0.3, 0.4) is 0 Å². The van der Waals surface area contributed by atoms with Crippen molar-refractivity contribution in [1.82, 2.24) is 25.0 Å². The lowest BCUT2D eigenvalue weighted by Crippen LogP contribution is -2.03. The molecule has 1 aliphatic heterocycles. The summed E-state index contributed by atoms with van der Waals surface area (Å²) < 4.78 is 2.21. The number of hydrogen-bond acceptors (Lipinski definition) is 3. The van der Waals surface area contributed by atoms with E-state index >= 15 is 0 Å². The van der Waals surface area contributed by atoms with Crippen molar-refractivity contribution in [3.63, 3.8) is 0 Å². The summed E-state index contributed by atoms with van der Waals surface area (Å²) in [4.78, 5) is 0. The molecule has 5 nitrogen and oxygen atoms in total. The molecule has 0 aliphatic carbocycles. The van der Waals surface area contributed by atoms with Gasteiger partial charge in [-0.15, -0.1) is 10.2 Å². The van der Waals surface area contributed by atoms with Gasteiger partial charge < -0.3 is 4.57 Å². The maximum atomic E-state index is 5.93. The highest BCUT2D eigenvalue weighted by Crippen LogP contribution is 2.26. The van der Waals surface area contributed by atoms with E-state index in [1.165, 1.54) is 19.3 Å². The van der Waals surface area contributed by atoms with Crippen molar-refractivity contribution < 1.29 is 0 Å². The van der Waals surface area contributed by atoms with Crippen LogP contribution in [0.2, 0.25) is 5.02 Å². The van der Waals surface area contributed by atoms with Crippen molar-refractivity contribution in [2.45, 2.75) is 32.2 Å². The van der Waals surface area contributed by atoms with Crippen molar-refractivity contribution in [3.8, 4) is 22.8 Å². The van der Waals surface area contributed by atoms with Crippen LogP contribution in [-0.2, 0) is 13.0 Å². The number of benzene rings is 1. The van der Waals surface area contributed by atoms with Crippen molar-refractivity contribution in [1.29, 1.82) is 0 Å². The highest BCUT2D eigenvalue weighted by molar-refractivity contribution is 6.30. The zero-order valence-electron chi connectivity index (χ0n) is 12.1. The normalized spacial score (nSPS) is 14.6. The predicted octanol–water partition coefficient (Wildman–Crippen LogP) is 3.72. The number of fused-ring (bicyclic) bond motifs is 1. The fraction of sp³-hybridized carbons (Fsp3) is 0.312. The van der Waals surface area contributed by atoms with Gasteiger partial charge in [0.05, 0.1) is 5.69 Å². The first kappa shape index (κ1) is 13.5. The zero-order valence-corrected chi connectivity index (χ0v) is 12.8. The third kappa shape index (κ3) is 2.41. The first-order valence-electron chi connectivity index (χ1n) is 7.55. The molecule has 1 aliphatic rings. The zero-order chi connectivity index (χ0) is 14.9. The van der Waals surface area contributed by atoms with Crippen LogP contribution < -0.4 is 0 Å². The Morgan fingerprint density at radius 1 is 1.05 bits per heavy atom. The smallest absolute Gasteiger partial charge is 0.182 e. The van der Waals surface area contributed by atoms with Gasteiger partial charge in [-0.1, -0.05) is 30.2 Å². The van der Waals surface area contributed by atoms with Crippen LogP contribution in [0.4, 0.5) is 0 Å². The molecule has 112 valence electrons. The third-order valence-corrected chi connectivity index (χ3v) is 4.32. The van der Waals surface area contributed by atoms with Crippen molar-refractivity contribution in [3.05, 3.63) is 41.2 Å². The van der Waals surface area contributed by atoms with Crippen LogP contribution in [0.5, 0.6) is 0 Å². The molecular formula is C16H16ClN5. The van der Waals surface area contributed by atoms with E-state index in [0.717, 1.165) is 46.6 Å². The second kappa shape index (κ2) is 5.57. The maximum Gasteiger partial charge on any atom is 0.182 e. The molecule has 0 saturated carbocycles. The van der Waals surface area contributed by atoms with Gasteiger partial charge in [0, 0.05) is 23.6 Å². The molecule has 4 rings (SSSR count). The predicted molar refractivity (Wildman–Crippen MR) is 85.6 cm³/mol. The quantitative estimate of drug-likeness (QED) is 0.784. The Labute approximate surface area is 133 Å². The summed E-state index contributed by atoms with van der Waals surface area (Å²) in [6.07, 6.45) is 4.63. The van der Waals surface area contributed by atoms with E-state index in [-0.39, 0.29) is 0 Å². The highest BCUT2D eigenvalue weighted by atomic mass is 35.5. The van der Waals surface area contributed by atoms with Gasteiger partial charge in [-0.05, 0) is 31.0 Å². The average Bonchev–Trinajstić information content (AvgIpc) is 3.09. The molecule has 0 bridgehead atoms. The van der Waals surface area contributed by atoms with E-state index in [0.29, 0.717) is 0 Å². The van der Waals surface area contributed by atoms with E-state index in [1.807, 2.05) is 30.3 Å². The summed E-state index contributed by atoms with van der Waals surface area (Å²) in [7, 11) is 0. The van der Waals surface area contributed by atoms with Gasteiger partial charge in [-0.2, -0.15) is 5.10 Å². The van der Waals surface area contributed by atoms with Crippen LogP contribution in [0.1, 0.15) is 25.1 Å². The maximum absolute atomic E-state index is 5.93. The number of nitrogens with one attached hydrogen (secondary N) is 1. The molecular weight excluding hydrogens is 298 g/mol. The average molecular weight is 314 g/mol. The molecule has 3 heterocycles. The third-order valence-electron chi connectivity index (χ3n) is 4.07. The van der Waals surface area contributed by atoms with Crippen molar-refractivity contribution in [2.24, 2.45) is 0 Å². The minimum Gasteiger partial charge on any atom is -0.310 e. The molecule has 3 aromatic rings. The van der Waals surface area contributed by atoms with E-state index in [9.17, 15) is 0 Å². The monoisotopic (exact) mass is 313 g/mol. The number of aryl methyl sites for hydroxylation is 1. The molecule has 1 aromatic carbocycles. The Balaban J connectivity index is 1.70. The summed E-state index contributed by atoms with van der Waals surface area (Å²) in [6.45, 7) is 0.979. The highest BCUT2D eigenvalue weighted by Gasteiger charge is 2.17. The Morgan fingerprint density at radius 3 is 2.77 bits per heavy atom. The lowest BCUT2D eigenvalue weighted by Gasteiger charge is -2.04. The fourth-order valence-electron chi connectivity index (χ4n) is 2.89. The second-order valence-corrected chi connectivity index (χ2v) is 6.01. The minimum absolute atomic E-state index is 0.724. The van der Waals surface area contributed by atoms with Gasteiger partial charge >= 0.3 is 0 Å². The fourth-order valence-corrected chi connectivity index (χ4v) is 3.02. The number of H-pyrrole nitrogens is 1. The van der Waals surface area contributed by atoms with Gasteiger partial charge in [0.1, 0.15) is 11.5 Å². The van der Waals surface area contributed by atoms with Gasteiger partial charge in [0.2, 0.25) is 0 Å². The number of aromatic amines is 1. The van der Waals surface area contributed by atoms with Gasteiger partial charge in [-0.3, -0.25) is 5.10 Å². The molecule has 0 amide bonds. The Hall–Kier alpha value is -2.14. The molecule has 6 heteroatoms. The Bertz CT molecular complexity index is 787. The Morgan fingerprint density at radius 2 is 1.91 bits per heavy atom. The molecule has 2 aromatic heterocycles. The topological polar surface area (TPSA) is 59.4 Å². The number of rotatable bonds is 2. The van der Waals surface area contributed by atoms with E-state index in [4.69, 9.17) is 11.6 Å². The molecule has 0 spiro atoms. The number of halogens is 1. The lowest BCUT2D eigenvalue weighted by molar-refractivity contribution is 0.636. The molecule has 0 atom stereocenters. The van der Waals surface area contributed by atoms with Crippen molar-refractivity contribution >= 4 is 11.6 Å². The van der Waals surface area contributed by atoms with E-state index in [2.05, 4.69) is 25.0 Å². The number of hydrogen-bond donors (Lipinski definition) is 1. The van der Waals surface area contributed by atoms with Gasteiger partial charge in [-0.25, -0.2) is 0 Å².